The molecule has 0 aliphatic carbocycles. The Hall–Kier alpha value is -4.07. The van der Waals surface area contributed by atoms with Crippen LogP contribution in [0.3, 0.4) is 0 Å². The van der Waals surface area contributed by atoms with Gasteiger partial charge in [-0.2, -0.15) is 0 Å². The minimum atomic E-state index is -0.957. The number of rotatable bonds is 6. The van der Waals surface area contributed by atoms with E-state index in [-0.39, 0.29) is 35.4 Å². The van der Waals surface area contributed by atoms with Gasteiger partial charge in [0.15, 0.2) is 0 Å². The molecular formula is C25H21F2N3O3. The van der Waals surface area contributed by atoms with Crippen molar-refractivity contribution in [1.82, 2.24) is 14.5 Å². The molecule has 8 heteroatoms. The highest BCUT2D eigenvalue weighted by Gasteiger charge is 2.25. The zero-order chi connectivity index (χ0) is 23.5. The number of nitrogens with zero attached hydrogens (tertiary/aromatic N) is 2. The fourth-order valence-corrected chi connectivity index (χ4v) is 3.82. The van der Waals surface area contributed by atoms with Crippen molar-refractivity contribution in [1.29, 1.82) is 0 Å². The maximum atomic E-state index is 14.5. The molecule has 0 aliphatic rings. The molecule has 1 unspecified atom stereocenters. The van der Waals surface area contributed by atoms with E-state index < -0.39 is 29.0 Å². The number of nitrogens with one attached hydrogen (secondary N) is 1. The fourth-order valence-electron chi connectivity index (χ4n) is 3.82. The van der Waals surface area contributed by atoms with Gasteiger partial charge < -0.3 is 5.32 Å². The number of fused-ring (bicyclic) bond motifs is 1. The number of halogens is 2. The van der Waals surface area contributed by atoms with Crippen molar-refractivity contribution in [3.8, 4) is 5.69 Å². The van der Waals surface area contributed by atoms with E-state index in [4.69, 9.17) is 0 Å². The number of para-hydroxylation sites is 2. The molecule has 1 atom stereocenters. The fraction of sp³-hybridized carbons (Fsp3) is 0.160. The highest BCUT2D eigenvalue weighted by atomic mass is 19.1. The second kappa shape index (κ2) is 9.20. The summed E-state index contributed by atoms with van der Waals surface area (Å²) in [5.41, 5.74) is -0.698. The maximum absolute atomic E-state index is 14.5. The Morgan fingerprint density at radius 3 is 2.30 bits per heavy atom. The van der Waals surface area contributed by atoms with Crippen LogP contribution in [0.25, 0.3) is 16.6 Å². The summed E-state index contributed by atoms with van der Waals surface area (Å²) in [5.74, 6) is -1.56. The average Bonchev–Trinajstić information content (AvgIpc) is 2.82. The van der Waals surface area contributed by atoms with Gasteiger partial charge in [-0.05, 0) is 48.4 Å². The van der Waals surface area contributed by atoms with E-state index in [1.54, 1.807) is 37.3 Å². The summed E-state index contributed by atoms with van der Waals surface area (Å²) in [4.78, 5) is 39.7. The topological polar surface area (TPSA) is 73.1 Å². The van der Waals surface area contributed by atoms with Crippen LogP contribution in [0.1, 0.15) is 24.9 Å². The highest BCUT2D eigenvalue weighted by Crippen LogP contribution is 2.18. The predicted molar refractivity (Wildman–Crippen MR) is 121 cm³/mol. The first-order valence-electron chi connectivity index (χ1n) is 10.5. The van der Waals surface area contributed by atoms with E-state index in [9.17, 15) is 23.2 Å². The normalized spacial score (nSPS) is 12.0. The Morgan fingerprint density at radius 1 is 0.939 bits per heavy atom. The van der Waals surface area contributed by atoms with Crippen molar-refractivity contribution >= 4 is 16.8 Å². The van der Waals surface area contributed by atoms with Crippen LogP contribution in [0.2, 0.25) is 0 Å². The van der Waals surface area contributed by atoms with Crippen molar-refractivity contribution < 1.29 is 13.6 Å². The quantitative estimate of drug-likeness (QED) is 0.488. The largest absolute Gasteiger partial charge is 0.350 e. The summed E-state index contributed by atoms with van der Waals surface area (Å²) in [6, 6.07) is 16.6. The van der Waals surface area contributed by atoms with Crippen molar-refractivity contribution in [2.75, 3.05) is 0 Å². The molecular weight excluding hydrogens is 428 g/mol. The zero-order valence-electron chi connectivity index (χ0n) is 17.8. The molecule has 0 saturated heterocycles. The Morgan fingerprint density at radius 2 is 1.61 bits per heavy atom. The van der Waals surface area contributed by atoms with Crippen molar-refractivity contribution in [3.05, 3.63) is 111 Å². The third-order valence-corrected chi connectivity index (χ3v) is 5.47. The van der Waals surface area contributed by atoms with E-state index in [0.29, 0.717) is 5.56 Å². The molecule has 1 amide bonds. The SMILES string of the molecule is CCC(C(=O)NCc1ccc(F)cc1)n1c(=O)n(-c2ccccc2F)c(=O)c2ccccc21. The van der Waals surface area contributed by atoms with E-state index in [0.717, 1.165) is 10.6 Å². The Balaban J connectivity index is 1.83. The molecule has 0 spiro atoms. The van der Waals surface area contributed by atoms with Crippen LogP contribution in [-0.2, 0) is 11.3 Å². The van der Waals surface area contributed by atoms with Gasteiger partial charge in [-0.15, -0.1) is 0 Å². The predicted octanol–water partition coefficient (Wildman–Crippen LogP) is 3.70. The first-order valence-corrected chi connectivity index (χ1v) is 10.5. The van der Waals surface area contributed by atoms with Gasteiger partial charge in [0.25, 0.3) is 5.56 Å². The first-order chi connectivity index (χ1) is 15.9. The van der Waals surface area contributed by atoms with Gasteiger partial charge in [-0.3, -0.25) is 14.2 Å². The molecule has 4 rings (SSSR count). The number of carbonyl (C=O) groups is 1. The molecule has 6 nitrogen and oxygen atoms in total. The van der Waals surface area contributed by atoms with Crippen LogP contribution in [0.4, 0.5) is 8.78 Å². The van der Waals surface area contributed by atoms with Gasteiger partial charge >= 0.3 is 5.69 Å². The van der Waals surface area contributed by atoms with Crippen LogP contribution in [0.5, 0.6) is 0 Å². The third kappa shape index (κ3) is 4.19. The van der Waals surface area contributed by atoms with E-state index in [1.165, 1.54) is 41.0 Å². The third-order valence-electron chi connectivity index (χ3n) is 5.47. The van der Waals surface area contributed by atoms with Crippen LogP contribution < -0.4 is 16.6 Å². The lowest BCUT2D eigenvalue weighted by Gasteiger charge is -2.21. The summed E-state index contributed by atoms with van der Waals surface area (Å²) in [6.45, 7) is 1.87. The van der Waals surface area contributed by atoms with Crippen molar-refractivity contribution in [2.24, 2.45) is 0 Å². The smallest absolute Gasteiger partial charge is 0.336 e. The lowest BCUT2D eigenvalue weighted by Crippen LogP contribution is -2.44. The van der Waals surface area contributed by atoms with Crippen molar-refractivity contribution in [3.63, 3.8) is 0 Å². The van der Waals surface area contributed by atoms with E-state index in [2.05, 4.69) is 5.32 Å². The molecule has 1 aromatic heterocycles. The Kier molecular flexibility index (Phi) is 6.17. The molecule has 0 radical (unpaired) electrons. The number of hydrogen-bond acceptors (Lipinski definition) is 3. The van der Waals surface area contributed by atoms with Crippen LogP contribution in [0, 0.1) is 11.6 Å². The molecule has 1 N–H and O–H groups in total. The van der Waals surface area contributed by atoms with Gasteiger partial charge in [-0.1, -0.05) is 43.3 Å². The summed E-state index contributed by atoms with van der Waals surface area (Å²) in [6.07, 6.45) is 0.245. The summed E-state index contributed by atoms with van der Waals surface area (Å²) < 4.78 is 29.7. The number of benzene rings is 3. The van der Waals surface area contributed by atoms with Crippen LogP contribution >= 0.6 is 0 Å². The molecule has 0 fully saturated rings. The van der Waals surface area contributed by atoms with Crippen molar-refractivity contribution in [2.45, 2.75) is 25.9 Å². The summed E-state index contributed by atoms with van der Waals surface area (Å²) in [5, 5.41) is 2.95. The number of carbonyl (C=O) groups excluding carboxylic acids is 1. The van der Waals surface area contributed by atoms with E-state index in [1.807, 2.05) is 0 Å². The van der Waals surface area contributed by atoms with Gasteiger partial charge in [0.05, 0.1) is 16.6 Å². The monoisotopic (exact) mass is 449 g/mol. The molecule has 0 aliphatic heterocycles. The lowest BCUT2D eigenvalue weighted by molar-refractivity contribution is -0.124. The van der Waals surface area contributed by atoms with Crippen LogP contribution in [-0.4, -0.2) is 15.0 Å². The standard InChI is InChI=1S/C25H21F2N3O3/c1-2-20(23(31)28-15-16-11-13-17(26)14-12-16)29-21-9-5-3-7-18(21)24(32)30(25(29)33)22-10-6-4-8-19(22)27/h3-14,20H,2,15H2,1H3,(H,28,31). The Labute approximate surface area is 187 Å². The summed E-state index contributed by atoms with van der Waals surface area (Å²) in [7, 11) is 0. The van der Waals surface area contributed by atoms with Crippen LogP contribution in [0.15, 0.2) is 82.4 Å². The van der Waals surface area contributed by atoms with Gasteiger partial charge in [0.1, 0.15) is 17.7 Å². The molecule has 0 bridgehead atoms. The minimum Gasteiger partial charge on any atom is -0.350 e. The van der Waals surface area contributed by atoms with Gasteiger partial charge in [0.2, 0.25) is 5.91 Å². The number of amides is 1. The second-order valence-electron chi connectivity index (χ2n) is 7.53. The van der Waals surface area contributed by atoms with Gasteiger partial charge in [0, 0.05) is 6.54 Å². The minimum absolute atomic E-state index is 0.134. The second-order valence-corrected chi connectivity index (χ2v) is 7.53. The molecule has 0 saturated carbocycles. The molecule has 3 aromatic carbocycles. The van der Waals surface area contributed by atoms with E-state index >= 15 is 0 Å². The molecule has 33 heavy (non-hydrogen) atoms. The molecule has 1 heterocycles. The maximum Gasteiger partial charge on any atom is 0.336 e. The lowest BCUT2D eigenvalue weighted by atomic mass is 10.1. The number of hydrogen-bond donors (Lipinski definition) is 1. The first kappa shape index (κ1) is 22.1. The molecule has 168 valence electrons. The highest BCUT2D eigenvalue weighted by molar-refractivity contribution is 5.84. The zero-order valence-corrected chi connectivity index (χ0v) is 17.8. The number of aromatic nitrogens is 2. The average molecular weight is 449 g/mol. The van der Waals surface area contributed by atoms with Gasteiger partial charge in [-0.25, -0.2) is 18.1 Å². The Bertz CT molecular complexity index is 1440. The summed E-state index contributed by atoms with van der Waals surface area (Å²) >= 11 is 0. The molecule has 4 aromatic rings.